The molecule has 0 aromatic heterocycles. The number of carbonyl (C=O) groups excluding carboxylic acids is 1. The fourth-order valence-corrected chi connectivity index (χ4v) is 5.25. The number of aliphatic hydroxyl groups is 1. The maximum Gasteiger partial charge on any atom is 0.252 e. The normalized spacial score (nSPS) is 17.5. The Morgan fingerprint density at radius 2 is 1.73 bits per heavy atom. The van der Waals surface area contributed by atoms with Gasteiger partial charge in [-0.1, -0.05) is 46.3 Å². The molecular weight excluding hydrogens is 634 g/mol. The number of amides is 1. The minimum atomic E-state index is -1.48. The summed E-state index contributed by atoms with van der Waals surface area (Å²) in [4.78, 5) is 19.3. The van der Waals surface area contributed by atoms with Crippen molar-refractivity contribution in [3.63, 3.8) is 0 Å². The van der Waals surface area contributed by atoms with Gasteiger partial charge in [-0.2, -0.15) is 0 Å². The number of nitrogens with one attached hydrogen (secondary N) is 1. The number of rotatable bonds is 12. The molecule has 0 fully saturated rings. The molecule has 0 aliphatic carbocycles. The zero-order valence-electron chi connectivity index (χ0n) is 23.9. The van der Waals surface area contributed by atoms with Crippen LogP contribution in [0.15, 0.2) is 100 Å². The third-order valence-corrected chi connectivity index (χ3v) is 7.78. The summed E-state index contributed by atoms with van der Waals surface area (Å²) in [6.45, 7) is 0.361. The van der Waals surface area contributed by atoms with E-state index in [9.17, 15) is 13.6 Å². The number of aliphatic imine (C=N–C) groups is 1. The van der Waals surface area contributed by atoms with E-state index in [1.54, 1.807) is 43.5 Å². The predicted octanol–water partition coefficient (Wildman–Crippen LogP) is 6.31. The first-order valence-electron chi connectivity index (χ1n) is 14.0. The zero-order valence-corrected chi connectivity index (χ0v) is 25.5. The van der Waals surface area contributed by atoms with Gasteiger partial charge in [-0.25, -0.2) is 13.8 Å². The van der Waals surface area contributed by atoms with Gasteiger partial charge in [0.2, 0.25) is 5.90 Å². The van der Waals surface area contributed by atoms with Crippen molar-refractivity contribution in [2.24, 2.45) is 4.99 Å². The van der Waals surface area contributed by atoms with E-state index in [1.165, 1.54) is 6.07 Å². The highest BCUT2D eigenvalue weighted by atomic mass is 79.9. The molecule has 0 saturated carbocycles. The van der Waals surface area contributed by atoms with Gasteiger partial charge in [-0.15, -0.1) is 0 Å². The quantitative estimate of drug-likeness (QED) is 0.173. The Bertz CT molecular complexity index is 1630. The molecular formula is C34H31BrF2N2O5. The molecule has 2 N–H and O–H groups in total. The third-order valence-electron chi connectivity index (χ3n) is 7.25. The summed E-state index contributed by atoms with van der Waals surface area (Å²) in [7, 11) is 1.56. The fourth-order valence-electron chi connectivity index (χ4n) is 4.99. The van der Waals surface area contributed by atoms with Crippen molar-refractivity contribution >= 4 is 27.7 Å². The van der Waals surface area contributed by atoms with Crippen molar-refractivity contribution in [3.8, 4) is 11.5 Å². The topological polar surface area (TPSA) is 89.4 Å². The van der Waals surface area contributed by atoms with Gasteiger partial charge in [-0.3, -0.25) is 4.79 Å². The second kappa shape index (κ2) is 14.0. The van der Waals surface area contributed by atoms with E-state index in [-0.39, 0.29) is 25.5 Å². The number of methoxy groups -OCH3 is 1. The summed E-state index contributed by atoms with van der Waals surface area (Å²) in [5.74, 6) is -0.937. The van der Waals surface area contributed by atoms with E-state index in [2.05, 4.69) is 21.2 Å². The predicted molar refractivity (Wildman–Crippen MR) is 166 cm³/mol. The summed E-state index contributed by atoms with van der Waals surface area (Å²) in [5.41, 5.74) is 1.06. The molecule has 1 amide bonds. The van der Waals surface area contributed by atoms with E-state index >= 15 is 0 Å². The molecule has 0 unspecified atom stereocenters. The van der Waals surface area contributed by atoms with Gasteiger partial charge < -0.3 is 24.6 Å². The Labute approximate surface area is 262 Å². The monoisotopic (exact) mass is 664 g/mol. The van der Waals surface area contributed by atoms with Crippen molar-refractivity contribution in [3.05, 3.63) is 129 Å². The second-order valence-corrected chi connectivity index (χ2v) is 11.2. The molecule has 0 saturated heterocycles. The molecule has 1 aliphatic rings. The first-order chi connectivity index (χ1) is 21.3. The lowest BCUT2D eigenvalue weighted by atomic mass is 9.82. The van der Waals surface area contributed by atoms with Crippen LogP contribution in [0.2, 0.25) is 0 Å². The van der Waals surface area contributed by atoms with Crippen LogP contribution < -0.4 is 14.8 Å². The van der Waals surface area contributed by atoms with Crippen molar-refractivity contribution in [1.29, 1.82) is 0 Å². The van der Waals surface area contributed by atoms with Crippen molar-refractivity contribution in [2.75, 3.05) is 20.3 Å². The van der Waals surface area contributed by atoms with Crippen LogP contribution in [0, 0.1) is 11.6 Å². The van der Waals surface area contributed by atoms with Gasteiger partial charge in [0.05, 0.1) is 13.7 Å². The number of halogens is 3. The molecule has 4 aromatic carbocycles. The molecule has 44 heavy (non-hydrogen) atoms. The van der Waals surface area contributed by atoms with Crippen LogP contribution in [0.5, 0.6) is 11.5 Å². The molecule has 1 heterocycles. The number of carbonyl (C=O) groups is 1. The van der Waals surface area contributed by atoms with E-state index < -0.39 is 29.2 Å². The number of hydrogen-bond donors (Lipinski definition) is 2. The lowest BCUT2D eigenvalue weighted by Gasteiger charge is -2.31. The van der Waals surface area contributed by atoms with Gasteiger partial charge in [0.25, 0.3) is 5.91 Å². The standard InChI is InChI=1S/C34H31BrF2N2O5/c1-42-28-5-2-4-25(19-28)31-34(20-22-6-11-26(35)12-7-22,33(41)38-21-23-8-15-29(36)30(37)18-23)39-32(44-31)24-9-13-27(14-10-24)43-17-3-16-40/h2,4-15,18-19,31,40H,3,16-17,20-21H2,1H3,(H,38,41)/t31-,34-/m1/s1. The van der Waals surface area contributed by atoms with Crippen LogP contribution in [0.1, 0.15) is 34.8 Å². The number of benzene rings is 4. The van der Waals surface area contributed by atoms with Crippen LogP contribution in [0.25, 0.3) is 0 Å². The second-order valence-electron chi connectivity index (χ2n) is 10.3. The summed E-state index contributed by atoms with van der Waals surface area (Å²) in [6, 6.07) is 25.5. The smallest absolute Gasteiger partial charge is 0.252 e. The van der Waals surface area contributed by atoms with Gasteiger partial charge >= 0.3 is 0 Å². The number of aliphatic hydroxyl groups excluding tert-OH is 1. The number of nitrogens with zero attached hydrogens (tertiary/aromatic N) is 1. The molecule has 228 valence electrons. The third kappa shape index (κ3) is 7.09. The molecule has 0 spiro atoms. The van der Waals surface area contributed by atoms with Crippen molar-refractivity contribution in [1.82, 2.24) is 5.32 Å². The van der Waals surface area contributed by atoms with Gasteiger partial charge in [-0.05, 0) is 77.4 Å². The molecule has 4 aromatic rings. The Balaban J connectivity index is 1.56. The van der Waals surface area contributed by atoms with Gasteiger partial charge in [0.1, 0.15) is 11.5 Å². The van der Waals surface area contributed by atoms with Gasteiger partial charge in [0, 0.05) is 36.0 Å². The summed E-state index contributed by atoms with van der Waals surface area (Å²) >= 11 is 3.47. The summed E-state index contributed by atoms with van der Waals surface area (Å²) in [6.07, 6.45) is -0.169. The van der Waals surface area contributed by atoms with E-state index in [0.29, 0.717) is 41.2 Å². The SMILES string of the molecule is COc1cccc([C@H]2OC(c3ccc(OCCCO)cc3)=N[C@@]2(Cc2ccc(Br)cc2)C(=O)NCc2ccc(F)c(F)c2)c1. The molecule has 1 aliphatic heterocycles. The molecule has 0 bridgehead atoms. The minimum absolute atomic E-state index is 0.0347. The van der Waals surface area contributed by atoms with E-state index in [0.717, 1.165) is 22.2 Å². The molecule has 10 heteroatoms. The lowest BCUT2D eigenvalue weighted by Crippen LogP contribution is -2.49. The zero-order chi connectivity index (χ0) is 31.1. The van der Waals surface area contributed by atoms with Gasteiger partial charge in [0.15, 0.2) is 23.3 Å². The van der Waals surface area contributed by atoms with Crippen molar-refractivity contribution < 1.29 is 32.9 Å². The van der Waals surface area contributed by atoms with Crippen LogP contribution in [-0.2, 0) is 22.5 Å². The minimum Gasteiger partial charge on any atom is -0.497 e. The first-order valence-corrected chi connectivity index (χ1v) is 14.8. The molecule has 7 nitrogen and oxygen atoms in total. The Kier molecular flexibility index (Phi) is 9.92. The van der Waals surface area contributed by atoms with Crippen LogP contribution in [0.3, 0.4) is 0 Å². The first kappa shape index (κ1) is 31.2. The lowest BCUT2D eigenvalue weighted by molar-refractivity contribution is -0.129. The average Bonchev–Trinajstić information content (AvgIpc) is 3.43. The maximum absolute atomic E-state index is 14.3. The fraction of sp³-hybridized carbons (Fsp3) is 0.235. The Morgan fingerprint density at radius 3 is 2.43 bits per heavy atom. The number of hydrogen-bond acceptors (Lipinski definition) is 6. The van der Waals surface area contributed by atoms with Crippen LogP contribution >= 0.6 is 15.9 Å². The van der Waals surface area contributed by atoms with E-state index in [4.69, 9.17) is 24.3 Å². The van der Waals surface area contributed by atoms with Crippen LogP contribution in [-0.4, -0.2) is 42.8 Å². The average molecular weight is 666 g/mol. The Hall–Kier alpha value is -4.28. The molecule has 0 radical (unpaired) electrons. The number of ether oxygens (including phenoxy) is 3. The maximum atomic E-state index is 14.3. The molecule has 5 rings (SSSR count). The highest BCUT2D eigenvalue weighted by molar-refractivity contribution is 9.10. The summed E-state index contributed by atoms with van der Waals surface area (Å²) < 4.78 is 46.1. The van der Waals surface area contributed by atoms with Crippen LogP contribution in [0.4, 0.5) is 8.78 Å². The highest BCUT2D eigenvalue weighted by Crippen LogP contribution is 2.43. The van der Waals surface area contributed by atoms with Crippen molar-refractivity contribution in [2.45, 2.75) is 31.0 Å². The molecule has 2 atom stereocenters. The highest BCUT2D eigenvalue weighted by Gasteiger charge is 2.53. The van der Waals surface area contributed by atoms with E-state index in [1.807, 2.05) is 36.4 Å². The largest absolute Gasteiger partial charge is 0.497 e. The Morgan fingerprint density at radius 1 is 0.977 bits per heavy atom. The summed E-state index contributed by atoms with van der Waals surface area (Å²) in [5, 5.41) is 11.9.